The number of hydrogen-bond acceptors (Lipinski definition) is 2. The molecule has 3 rings (SSSR count). The van der Waals surface area contributed by atoms with E-state index in [1.165, 1.54) is 37.2 Å². The van der Waals surface area contributed by atoms with Crippen LogP contribution in [0.2, 0.25) is 0 Å². The van der Waals surface area contributed by atoms with Crippen molar-refractivity contribution in [2.45, 2.75) is 19.4 Å². The molecular weight excluding hydrogens is 210 g/mol. The van der Waals surface area contributed by atoms with E-state index in [-0.39, 0.29) is 0 Å². The smallest absolute Gasteiger partial charge is 0.0949 e. The Morgan fingerprint density at radius 3 is 2.71 bits per heavy atom. The second kappa shape index (κ2) is 4.62. The zero-order valence-corrected chi connectivity index (χ0v) is 9.92. The number of anilines is 1. The number of aromatic nitrogens is 2. The van der Waals surface area contributed by atoms with E-state index in [4.69, 9.17) is 0 Å². The van der Waals surface area contributed by atoms with Crippen LogP contribution in [0.15, 0.2) is 43.0 Å². The first-order valence-electron chi connectivity index (χ1n) is 6.22. The van der Waals surface area contributed by atoms with Crippen LogP contribution in [0.4, 0.5) is 5.69 Å². The van der Waals surface area contributed by atoms with Crippen LogP contribution in [-0.4, -0.2) is 22.6 Å². The Kier molecular flexibility index (Phi) is 2.82. The summed E-state index contributed by atoms with van der Waals surface area (Å²) in [4.78, 5) is 6.59. The van der Waals surface area contributed by atoms with Gasteiger partial charge in [-0.25, -0.2) is 4.98 Å². The Morgan fingerprint density at radius 2 is 1.94 bits per heavy atom. The van der Waals surface area contributed by atoms with Gasteiger partial charge in [-0.15, -0.1) is 0 Å². The van der Waals surface area contributed by atoms with E-state index in [0.717, 1.165) is 6.54 Å². The van der Waals surface area contributed by atoms with E-state index >= 15 is 0 Å². The Morgan fingerprint density at radius 1 is 1.12 bits per heavy atom. The zero-order valence-electron chi connectivity index (χ0n) is 9.92. The van der Waals surface area contributed by atoms with Crippen molar-refractivity contribution in [2.24, 2.45) is 0 Å². The fourth-order valence-corrected chi connectivity index (χ4v) is 2.49. The number of nitrogens with zero attached hydrogens (tertiary/aromatic N) is 3. The first-order valence-corrected chi connectivity index (χ1v) is 6.22. The molecule has 1 aromatic heterocycles. The molecule has 0 aliphatic carbocycles. The highest BCUT2D eigenvalue weighted by Crippen LogP contribution is 2.24. The summed E-state index contributed by atoms with van der Waals surface area (Å²) in [6.07, 6.45) is 8.36. The van der Waals surface area contributed by atoms with Gasteiger partial charge in [-0.1, -0.05) is 18.2 Å². The van der Waals surface area contributed by atoms with Crippen LogP contribution in [0.3, 0.4) is 0 Å². The normalized spacial score (nSPS) is 15.4. The molecule has 0 saturated carbocycles. The van der Waals surface area contributed by atoms with E-state index < -0.39 is 0 Å². The SMILES string of the molecule is c1ccc(N2CCCC2)c(Cn2ccnc2)c1. The van der Waals surface area contributed by atoms with Gasteiger partial charge in [0.15, 0.2) is 0 Å². The average Bonchev–Trinajstić information content (AvgIpc) is 3.01. The topological polar surface area (TPSA) is 21.1 Å². The maximum absolute atomic E-state index is 4.09. The lowest BCUT2D eigenvalue weighted by Gasteiger charge is -2.21. The molecule has 0 N–H and O–H groups in total. The van der Waals surface area contributed by atoms with Crippen molar-refractivity contribution < 1.29 is 0 Å². The highest BCUT2D eigenvalue weighted by Gasteiger charge is 2.15. The fourth-order valence-electron chi connectivity index (χ4n) is 2.49. The van der Waals surface area contributed by atoms with Crippen LogP contribution >= 0.6 is 0 Å². The highest BCUT2D eigenvalue weighted by molar-refractivity contribution is 5.54. The molecule has 3 heteroatoms. The number of imidazole rings is 1. The molecule has 0 atom stereocenters. The zero-order chi connectivity index (χ0) is 11.5. The Balaban J connectivity index is 1.87. The number of hydrogen-bond donors (Lipinski definition) is 0. The van der Waals surface area contributed by atoms with Gasteiger partial charge in [0.25, 0.3) is 0 Å². The predicted octanol–water partition coefficient (Wildman–Crippen LogP) is 2.53. The van der Waals surface area contributed by atoms with E-state index in [1.807, 2.05) is 18.7 Å². The third kappa shape index (κ3) is 2.18. The van der Waals surface area contributed by atoms with Crippen molar-refractivity contribution in [3.63, 3.8) is 0 Å². The third-order valence-corrected chi connectivity index (χ3v) is 3.35. The molecule has 2 aromatic rings. The summed E-state index contributed by atoms with van der Waals surface area (Å²) >= 11 is 0. The summed E-state index contributed by atoms with van der Waals surface area (Å²) < 4.78 is 2.12. The molecule has 1 aliphatic heterocycles. The number of benzene rings is 1. The molecule has 1 saturated heterocycles. The monoisotopic (exact) mass is 227 g/mol. The quantitative estimate of drug-likeness (QED) is 0.803. The van der Waals surface area contributed by atoms with Gasteiger partial charge in [0.05, 0.1) is 12.9 Å². The first-order chi connectivity index (χ1) is 8.43. The van der Waals surface area contributed by atoms with E-state index in [9.17, 15) is 0 Å². The molecule has 0 spiro atoms. The number of rotatable bonds is 3. The molecule has 1 aromatic carbocycles. The largest absolute Gasteiger partial charge is 0.371 e. The lowest BCUT2D eigenvalue weighted by atomic mass is 10.1. The standard InChI is InChI=1S/C14H17N3/c1-2-6-14(17-8-3-4-9-17)13(5-1)11-16-10-7-15-12-16/h1-2,5-7,10,12H,3-4,8-9,11H2. The molecule has 2 heterocycles. The van der Waals surface area contributed by atoms with Gasteiger partial charge >= 0.3 is 0 Å². The minimum Gasteiger partial charge on any atom is -0.371 e. The molecule has 0 amide bonds. The van der Waals surface area contributed by atoms with Crippen molar-refractivity contribution >= 4 is 5.69 Å². The highest BCUT2D eigenvalue weighted by atomic mass is 15.1. The van der Waals surface area contributed by atoms with E-state index in [2.05, 4.69) is 38.7 Å². The molecule has 3 nitrogen and oxygen atoms in total. The number of para-hydroxylation sites is 1. The Hall–Kier alpha value is -1.77. The summed E-state index contributed by atoms with van der Waals surface area (Å²) in [7, 11) is 0. The summed E-state index contributed by atoms with van der Waals surface area (Å²) in [5.74, 6) is 0. The minimum absolute atomic E-state index is 0.909. The summed E-state index contributed by atoms with van der Waals surface area (Å²) in [5, 5.41) is 0. The lowest BCUT2D eigenvalue weighted by Crippen LogP contribution is -2.19. The fraction of sp³-hybridized carbons (Fsp3) is 0.357. The van der Waals surface area contributed by atoms with Gasteiger partial charge in [-0.05, 0) is 24.5 Å². The summed E-state index contributed by atoms with van der Waals surface area (Å²) in [6, 6.07) is 8.70. The summed E-state index contributed by atoms with van der Waals surface area (Å²) in [5.41, 5.74) is 2.77. The van der Waals surface area contributed by atoms with Crippen molar-refractivity contribution in [3.05, 3.63) is 48.5 Å². The molecule has 0 unspecified atom stereocenters. The van der Waals surface area contributed by atoms with Gasteiger partial charge < -0.3 is 9.47 Å². The van der Waals surface area contributed by atoms with Crippen LogP contribution in [0, 0.1) is 0 Å². The van der Waals surface area contributed by atoms with Crippen LogP contribution in [0.1, 0.15) is 18.4 Å². The van der Waals surface area contributed by atoms with E-state index in [1.54, 1.807) is 0 Å². The maximum Gasteiger partial charge on any atom is 0.0949 e. The molecule has 1 aliphatic rings. The predicted molar refractivity (Wildman–Crippen MR) is 69.2 cm³/mol. The molecule has 0 radical (unpaired) electrons. The van der Waals surface area contributed by atoms with Crippen molar-refractivity contribution in [1.29, 1.82) is 0 Å². The van der Waals surface area contributed by atoms with Crippen LogP contribution in [-0.2, 0) is 6.54 Å². The van der Waals surface area contributed by atoms with Gasteiger partial charge in [-0.2, -0.15) is 0 Å². The van der Waals surface area contributed by atoms with Crippen LogP contribution < -0.4 is 4.90 Å². The molecule has 1 fully saturated rings. The Bertz CT molecular complexity index is 470. The van der Waals surface area contributed by atoms with Gasteiger partial charge in [-0.3, -0.25) is 0 Å². The third-order valence-electron chi connectivity index (χ3n) is 3.35. The Labute approximate surface area is 102 Å². The van der Waals surface area contributed by atoms with Gasteiger partial charge in [0.1, 0.15) is 0 Å². The van der Waals surface area contributed by atoms with Crippen molar-refractivity contribution in [1.82, 2.24) is 9.55 Å². The second-order valence-corrected chi connectivity index (χ2v) is 4.56. The van der Waals surface area contributed by atoms with E-state index in [0.29, 0.717) is 0 Å². The second-order valence-electron chi connectivity index (χ2n) is 4.56. The molecular formula is C14H17N3. The van der Waals surface area contributed by atoms with Crippen LogP contribution in [0.25, 0.3) is 0 Å². The first kappa shape index (κ1) is 10.4. The van der Waals surface area contributed by atoms with Crippen molar-refractivity contribution in [2.75, 3.05) is 18.0 Å². The molecule has 0 bridgehead atoms. The molecule has 88 valence electrons. The van der Waals surface area contributed by atoms with Gasteiger partial charge in [0, 0.05) is 31.2 Å². The lowest BCUT2D eigenvalue weighted by molar-refractivity contribution is 0.790. The van der Waals surface area contributed by atoms with Gasteiger partial charge in [0.2, 0.25) is 0 Å². The molecule has 17 heavy (non-hydrogen) atoms. The summed E-state index contributed by atoms with van der Waals surface area (Å²) in [6.45, 7) is 3.30. The minimum atomic E-state index is 0.909. The van der Waals surface area contributed by atoms with Crippen molar-refractivity contribution in [3.8, 4) is 0 Å². The van der Waals surface area contributed by atoms with Crippen LogP contribution in [0.5, 0.6) is 0 Å². The maximum atomic E-state index is 4.09. The average molecular weight is 227 g/mol.